The Morgan fingerprint density at radius 1 is 1.35 bits per heavy atom. The second-order valence-electron chi connectivity index (χ2n) is 7.12. The number of nitrogens with one attached hydrogen (secondary N) is 2. The van der Waals surface area contributed by atoms with E-state index in [9.17, 15) is 19.5 Å². The van der Waals surface area contributed by atoms with Gasteiger partial charge in [-0.15, -0.1) is 6.58 Å². The van der Waals surface area contributed by atoms with E-state index in [1.165, 1.54) is 18.2 Å². The molecule has 3 unspecified atom stereocenters. The van der Waals surface area contributed by atoms with Gasteiger partial charge in [-0.3, -0.25) is 9.59 Å². The molecule has 8 nitrogen and oxygen atoms in total. The molecule has 1 amide bonds. The molecule has 1 saturated heterocycles. The summed E-state index contributed by atoms with van der Waals surface area (Å²) in [5.41, 5.74) is -0.179. The van der Waals surface area contributed by atoms with E-state index in [0.717, 1.165) is 5.56 Å². The number of hydrogen-bond acceptors (Lipinski definition) is 7. The molecule has 166 valence electrons. The molecule has 0 radical (unpaired) electrons. The van der Waals surface area contributed by atoms with Crippen molar-refractivity contribution < 1.29 is 29.0 Å². The smallest absolute Gasteiger partial charge is 0.338 e. The number of anilines is 1. The molecule has 1 heterocycles. The van der Waals surface area contributed by atoms with Crippen LogP contribution in [0.15, 0.2) is 43.5 Å². The normalized spacial score (nSPS) is 19.6. The number of amides is 1. The number of hydrogen-bond donors (Lipinski definition) is 3. The number of ether oxygens (including phenoxy) is 2. The van der Waals surface area contributed by atoms with E-state index in [-0.39, 0.29) is 32.1 Å². The summed E-state index contributed by atoms with van der Waals surface area (Å²) in [4.78, 5) is 36.6. The van der Waals surface area contributed by atoms with Crippen LogP contribution >= 0.6 is 12.2 Å². The van der Waals surface area contributed by atoms with Gasteiger partial charge in [-0.2, -0.15) is 0 Å². The van der Waals surface area contributed by atoms with E-state index >= 15 is 0 Å². The van der Waals surface area contributed by atoms with Gasteiger partial charge in [-0.25, -0.2) is 4.79 Å². The Hall–Kier alpha value is -2.88. The van der Waals surface area contributed by atoms with Gasteiger partial charge >= 0.3 is 5.97 Å². The Bertz CT molecular complexity index is 887. The largest absolute Gasteiger partial charge is 0.500 e. The number of aldehydes is 1. The number of aryl methyl sites for hydroxylation is 1. The number of carbonyl (C=O) groups excluding carboxylic acids is 3. The second-order valence-corrected chi connectivity index (χ2v) is 7.50. The SMILES string of the molecule is C=CCOC(=O)c1ccc(C)c(NC(=O)C2CC(C(C=O)(OCC=C)C(O)=S)CN2)c1. The maximum atomic E-state index is 12.8. The van der Waals surface area contributed by atoms with Crippen LogP contribution in [0.25, 0.3) is 0 Å². The van der Waals surface area contributed by atoms with Crippen molar-refractivity contribution in [3.05, 3.63) is 54.6 Å². The van der Waals surface area contributed by atoms with E-state index < -0.39 is 28.6 Å². The predicted octanol–water partition coefficient (Wildman–Crippen LogP) is 2.28. The third-order valence-corrected chi connectivity index (χ3v) is 5.39. The monoisotopic (exact) mass is 446 g/mol. The number of aliphatic hydroxyl groups excluding tert-OH is 1. The second kappa shape index (κ2) is 10.9. The summed E-state index contributed by atoms with van der Waals surface area (Å²) in [7, 11) is 0. The number of carbonyl (C=O) groups is 3. The molecular weight excluding hydrogens is 420 g/mol. The predicted molar refractivity (Wildman–Crippen MR) is 120 cm³/mol. The zero-order valence-corrected chi connectivity index (χ0v) is 18.1. The Labute approximate surface area is 186 Å². The van der Waals surface area contributed by atoms with Gasteiger partial charge in [0.25, 0.3) is 0 Å². The van der Waals surface area contributed by atoms with Crippen molar-refractivity contribution in [2.24, 2.45) is 5.92 Å². The summed E-state index contributed by atoms with van der Waals surface area (Å²) >= 11 is 4.86. The van der Waals surface area contributed by atoms with Crippen molar-refractivity contribution in [2.75, 3.05) is 25.1 Å². The fourth-order valence-corrected chi connectivity index (χ4v) is 3.59. The van der Waals surface area contributed by atoms with Gasteiger partial charge in [0.1, 0.15) is 6.61 Å². The molecule has 31 heavy (non-hydrogen) atoms. The highest BCUT2D eigenvalue weighted by Crippen LogP contribution is 2.30. The highest BCUT2D eigenvalue weighted by molar-refractivity contribution is 7.80. The third-order valence-electron chi connectivity index (χ3n) is 5.07. The standard InChI is InChI=1S/C22H26N2O6S/c1-4-8-29-20(27)15-7-6-14(3)17(10-15)24-19(26)18-11-16(12-23-18)22(13-25,21(28)31)30-9-5-2/h4-7,10,13,16,18,23H,1-2,8-9,11-12H2,3H3,(H,24,26)(H,28,31). The minimum Gasteiger partial charge on any atom is -0.500 e. The van der Waals surface area contributed by atoms with Crippen molar-refractivity contribution in [1.82, 2.24) is 5.32 Å². The van der Waals surface area contributed by atoms with E-state index in [2.05, 4.69) is 23.8 Å². The molecule has 1 aliphatic rings. The summed E-state index contributed by atoms with van der Waals surface area (Å²) in [6, 6.07) is 4.20. The molecule has 1 aromatic rings. The summed E-state index contributed by atoms with van der Waals surface area (Å²) in [6.45, 7) is 9.16. The minimum absolute atomic E-state index is 0.0146. The molecule has 0 bridgehead atoms. The van der Waals surface area contributed by atoms with Crippen LogP contribution < -0.4 is 10.6 Å². The summed E-state index contributed by atoms with van der Waals surface area (Å²) < 4.78 is 10.5. The van der Waals surface area contributed by atoms with Gasteiger partial charge in [0.05, 0.1) is 18.2 Å². The highest BCUT2D eigenvalue weighted by atomic mass is 32.1. The maximum absolute atomic E-state index is 12.8. The van der Waals surface area contributed by atoms with Crippen molar-refractivity contribution in [3.8, 4) is 0 Å². The highest BCUT2D eigenvalue weighted by Gasteiger charge is 2.48. The quantitative estimate of drug-likeness (QED) is 0.205. The van der Waals surface area contributed by atoms with Gasteiger partial charge < -0.3 is 25.2 Å². The first-order chi connectivity index (χ1) is 14.8. The van der Waals surface area contributed by atoms with E-state index in [1.54, 1.807) is 19.1 Å². The minimum atomic E-state index is -1.70. The summed E-state index contributed by atoms with van der Waals surface area (Å²) in [5.74, 6) is -1.42. The molecule has 3 N–H and O–H groups in total. The Balaban J connectivity index is 2.12. The lowest BCUT2D eigenvalue weighted by Crippen LogP contribution is -2.50. The first-order valence-corrected chi connectivity index (χ1v) is 10.1. The van der Waals surface area contributed by atoms with Crippen molar-refractivity contribution in [3.63, 3.8) is 0 Å². The average Bonchev–Trinajstić information content (AvgIpc) is 3.25. The lowest BCUT2D eigenvalue weighted by atomic mass is 9.86. The molecule has 0 saturated carbocycles. The topological polar surface area (TPSA) is 114 Å². The Morgan fingerprint density at radius 2 is 2.06 bits per heavy atom. The molecular formula is C22H26N2O6S. The molecule has 1 aromatic carbocycles. The maximum Gasteiger partial charge on any atom is 0.338 e. The zero-order chi connectivity index (χ0) is 23.0. The summed E-state index contributed by atoms with van der Waals surface area (Å²) in [5, 5.41) is 15.2. The van der Waals surface area contributed by atoms with Gasteiger partial charge in [-0.05, 0) is 43.3 Å². The van der Waals surface area contributed by atoms with Crippen LogP contribution in [0, 0.1) is 12.8 Å². The van der Waals surface area contributed by atoms with Crippen LogP contribution in [-0.2, 0) is 19.1 Å². The van der Waals surface area contributed by atoms with Crippen LogP contribution in [0.2, 0.25) is 0 Å². The first kappa shape index (κ1) is 24.4. The number of rotatable bonds is 11. The molecule has 0 spiro atoms. The molecule has 1 aliphatic heterocycles. The van der Waals surface area contributed by atoms with Gasteiger partial charge in [0.15, 0.2) is 16.9 Å². The zero-order valence-electron chi connectivity index (χ0n) is 17.3. The summed E-state index contributed by atoms with van der Waals surface area (Å²) in [6.07, 6.45) is 3.59. The molecule has 9 heteroatoms. The van der Waals surface area contributed by atoms with Crippen LogP contribution in [0.5, 0.6) is 0 Å². The van der Waals surface area contributed by atoms with Gasteiger partial charge in [-0.1, -0.05) is 24.8 Å². The van der Waals surface area contributed by atoms with Gasteiger partial charge in [0, 0.05) is 18.2 Å². The lowest BCUT2D eigenvalue weighted by molar-refractivity contribution is -0.128. The van der Waals surface area contributed by atoms with Crippen LogP contribution in [0.3, 0.4) is 0 Å². The van der Waals surface area contributed by atoms with E-state index in [4.69, 9.17) is 21.7 Å². The van der Waals surface area contributed by atoms with E-state index in [1.807, 2.05) is 0 Å². The third kappa shape index (κ3) is 5.63. The van der Waals surface area contributed by atoms with Crippen molar-refractivity contribution in [2.45, 2.75) is 25.0 Å². The van der Waals surface area contributed by atoms with E-state index in [0.29, 0.717) is 17.5 Å². The number of benzene rings is 1. The Morgan fingerprint density at radius 3 is 2.68 bits per heavy atom. The molecule has 3 atom stereocenters. The average molecular weight is 447 g/mol. The van der Waals surface area contributed by atoms with Gasteiger partial charge in [0.2, 0.25) is 5.91 Å². The van der Waals surface area contributed by atoms with Crippen molar-refractivity contribution in [1.29, 1.82) is 0 Å². The lowest BCUT2D eigenvalue weighted by Gasteiger charge is -2.31. The first-order valence-electron chi connectivity index (χ1n) is 9.66. The number of esters is 1. The van der Waals surface area contributed by atoms with Crippen molar-refractivity contribution >= 4 is 41.1 Å². The fourth-order valence-electron chi connectivity index (χ4n) is 3.32. The van der Waals surface area contributed by atoms with Crippen LogP contribution in [0.4, 0.5) is 5.69 Å². The number of thiocarbonyl (C=S) groups is 1. The molecule has 2 rings (SSSR count). The number of aliphatic hydroxyl groups is 1. The fraction of sp³-hybridized carbons (Fsp3) is 0.364. The van der Waals surface area contributed by atoms with Crippen LogP contribution in [0.1, 0.15) is 22.3 Å². The Kier molecular flexibility index (Phi) is 8.61. The molecule has 0 aromatic heterocycles. The molecule has 1 fully saturated rings. The molecule has 0 aliphatic carbocycles. The van der Waals surface area contributed by atoms with Crippen LogP contribution in [-0.4, -0.2) is 59.7 Å².